The highest BCUT2D eigenvalue weighted by molar-refractivity contribution is 9.10. The maximum Gasteiger partial charge on any atom is 0.249 e. The molecule has 1 heterocycles. The quantitative estimate of drug-likeness (QED) is 0.921. The second-order valence-corrected chi connectivity index (χ2v) is 6.07. The second kappa shape index (κ2) is 6.39. The van der Waals surface area contributed by atoms with Gasteiger partial charge in [-0.1, -0.05) is 42.3 Å². The summed E-state index contributed by atoms with van der Waals surface area (Å²) in [5.41, 5.74) is 0.828. The third-order valence-corrected chi connectivity index (χ3v) is 4.24. The molecule has 1 saturated heterocycles. The molecule has 108 valence electrons. The smallest absolute Gasteiger partial charge is 0.249 e. The van der Waals surface area contributed by atoms with Crippen LogP contribution in [0.25, 0.3) is 0 Å². The number of anilines is 1. The molecule has 2 amide bonds. The SMILES string of the molecule is CCC(C)C1NC(=O)CCN(c2cccc(Br)c2)C1=O. The molecule has 0 radical (unpaired) electrons. The van der Waals surface area contributed by atoms with Gasteiger partial charge in [0.2, 0.25) is 11.8 Å². The molecule has 20 heavy (non-hydrogen) atoms. The van der Waals surface area contributed by atoms with Crippen LogP contribution in [-0.2, 0) is 9.59 Å². The molecule has 2 unspecified atom stereocenters. The minimum atomic E-state index is -0.436. The Morgan fingerprint density at radius 3 is 2.85 bits per heavy atom. The van der Waals surface area contributed by atoms with Crippen molar-refractivity contribution in [2.45, 2.75) is 32.7 Å². The monoisotopic (exact) mass is 338 g/mol. The third kappa shape index (κ3) is 3.20. The number of nitrogens with zero attached hydrogens (tertiary/aromatic N) is 1. The summed E-state index contributed by atoms with van der Waals surface area (Å²) in [7, 11) is 0. The minimum Gasteiger partial charge on any atom is -0.344 e. The number of nitrogens with one attached hydrogen (secondary N) is 1. The lowest BCUT2D eigenvalue weighted by molar-refractivity contribution is -0.126. The predicted molar refractivity (Wildman–Crippen MR) is 82.5 cm³/mol. The average molecular weight is 339 g/mol. The van der Waals surface area contributed by atoms with E-state index in [1.807, 2.05) is 38.1 Å². The van der Waals surface area contributed by atoms with Gasteiger partial charge in [0.05, 0.1) is 0 Å². The average Bonchev–Trinajstić information content (AvgIpc) is 2.58. The van der Waals surface area contributed by atoms with Crippen LogP contribution in [0.5, 0.6) is 0 Å². The Kier molecular flexibility index (Phi) is 4.81. The molecule has 1 aliphatic heterocycles. The molecule has 0 aliphatic carbocycles. The summed E-state index contributed by atoms with van der Waals surface area (Å²) in [5, 5.41) is 2.85. The number of amides is 2. The van der Waals surface area contributed by atoms with Crippen molar-refractivity contribution in [3.63, 3.8) is 0 Å². The van der Waals surface area contributed by atoms with Crippen molar-refractivity contribution in [1.29, 1.82) is 0 Å². The van der Waals surface area contributed by atoms with Gasteiger partial charge in [-0.15, -0.1) is 0 Å². The number of carbonyl (C=O) groups excluding carboxylic acids is 2. The topological polar surface area (TPSA) is 49.4 Å². The fourth-order valence-corrected chi connectivity index (χ4v) is 2.71. The summed E-state index contributed by atoms with van der Waals surface area (Å²) >= 11 is 3.42. The van der Waals surface area contributed by atoms with Gasteiger partial charge in [0.25, 0.3) is 0 Å². The first-order valence-electron chi connectivity index (χ1n) is 6.89. The van der Waals surface area contributed by atoms with E-state index in [9.17, 15) is 9.59 Å². The third-order valence-electron chi connectivity index (χ3n) is 3.74. The van der Waals surface area contributed by atoms with E-state index >= 15 is 0 Å². The molecule has 0 aromatic heterocycles. The van der Waals surface area contributed by atoms with E-state index in [2.05, 4.69) is 21.2 Å². The lowest BCUT2D eigenvalue weighted by Gasteiger charge is -2.27. The van der Waals surface area contributed by atoms with Gasteiger partial charge in [-0.3, -0.25) is 9.59 Å². The molecule has 1 aliphatic rings. The van der Waals surface area contributed by atoms with Crippen LogP contribution in [0.3, 0.4) is 0 Å². The highest BCUT2D eigenvalue weighted by Crippen LogP contribution is 2.24. The van der Waals surface area contributed by atoms with Gasteiger partial charge in [-0.25, -0.2) is 0 Å². The fourth-order valence-electron chi connectivity index (χ4n) is 2.32. The Hall–Kier alpha value is -1.36. The molecule has 2 rings (SSSR count). The molecule has 5 heteroatoms. The van der Waals surface area contributed by atoms with Gasteiger partial charge in [0.1, 0.15) is 6.04 Å². The van der Waals surface area contributed by atoms with Crippen molar-refractivity contribution >= 4 is 33.4 Å². The number of hydrogen-bond donors (Lipinski definition) is 1. The maximum absolute atomic E-state index is 12.7. The zero-order chi connectivity index (χ0) is 14.7. The lowest BCUT2D eigenvalue weighted by Crippen LogP contribution is -2.48. The van der Waals surface area contributed by atoms with Crippen LogP contribution in [0.2, 0.25) is 0 Å². The van der Waals surface area contributed by atoms with Crippen LogP contribution < -0.4 is 10.2 Å². The molecular formula is C15H19BrN2O2. The van der Waals surface area contributed by atoms with Crippen LogP contribution in [0, 0.1) is 5.92 Å². The first kappa shape index (κ1) is 15.0. The van der Waals surface area contributed by atoms with Gasteiger partial charge in [0, 0.05) is 23.1 Å². The van der Waals surface area contributed by atoms with E-state index in [1.165, 1.54) is 0 Å². The molecule has 0 saturated carbocycles. The molecular weight excluding hydrogens is 320 g/mol. The minimum absolute atomic E-state index is 0.0247. The first-order valence-corrected chi connectivity index (χ1v) is 7.68. The molecule has 0 spiro atoms. The largest absolute Gasteiger partial charge is 0.344 e. The zero-order valence-electron chi connectivity index (χ0n) is 11.7. The second-order valence-electron chi connectivity index (χ2n) is 5.15. The highest BCUT2D eigenvalue weighted by Gasteiger charge is 2.33. The summed E-state index contributed by atoms with van der Waals surface area (Å²) in [6, 6.07) is 7.17. The van der Waals surface area contributed by atoms with Crippen molar-refractivity contribution < 1.29 is 9.59 Å². The van der Waals surface area contributed by atoms with Gasteiger partial charge < -0.3 is 10.2 Å². The number of hydrogen-bond acceptors (Lipinski definition) is 2. The standard InChI is InChI=1S/C15H19BrN2O2/c1-3-10(2)14-15(20)18(8-7-13(19)17-14)12-6-4-5-11(16)9-12/h4-6,9-10,14H,3,7-8H2,1-2H3,(H,17,19). The molecule has 1 fully saturated rings. The van der Waals surface area contributed by atoms with Crippen molar-refractivity contribution in [1.82, 2.24) is 5.32 Å². The normalized spacial score (nSPS) is 21.4. The molecule has 1 aromatic carbocycles. The fraction of sp³-hybridized carbons (Fsp3) is 0.467. The van der Waals surface area contributed by atoms with Crippen LogP contribution in [-0.4, -0.2) is 24.4 Å². The number of carbonyl (C=O) groups is 2. The Labute approximate surface area is 127 Å². The van der Waals surface area contributed by atoms with Crippen molar-refractivity contribution in [2.75, 3.05) is 11.4 Å². The summed E-state index contributed by atoms with van der Waals surface area (Å²) in [6.45, 7) is 4.44. The Morgan fingerprint density at radius 1 is 1.45 bits per heavy atom. The lowest BCUT2D eigenvalue weighted by atomic mass is 9.98. The van der Waals surface area contributed by atoms with Crippen LogP contribution in [0.15, 0.2) is 28.7 Å². The summed E-state index contributed by atoms with van der Waals surface area (Å²) in [6.07, 6.45) is 1.19. The summed E-state index contributed by atoms with van der Waals surface area (Å²) in [4.78, 5) is 26.2. The molecule has 1 aromatic rings. The van der Waals surface area contributed by atoms with E-state index in [0.717, 1.165) is 16.6 Å². The van der Waals surface area contributed by atoms with Crippen molar-refractivity contribution in [3.05, 3.63) is 28.7 Å². The van der Waals surface area contributed by atoms with Crippen LogP contribution >= 0.6 is 15.9 Å². The van der Waals surface area contributed by atoms with Gasteiger partial charge in [-0.2, -0.15) is 0 Å². The highest BCUT2D eigenvalue weighted by atomic mass is 79.9. The van der Waals surface area contributed by atoms with Gasteiger partial charge >= 0.3 is 0 Å². The Morgan fingerprint density at radius 2 is 2.20 bits per heavy atom. The maximum atomic E-state index is 12.7. The van der Waals surface area contributed by atoms with E-state index in [1.54, 1.807) is 4.90 Å². The predicted octanol–water partition coefficient (Wildman–Crippen LogP) is 2.72. The van der Waals surface area contributed by atoms with Gasteiger partial charge in [0.15, 0.2) is 0 Å². The molecule has 2 atom stereocenters. The van der Waals surface area contributed by atoms with Gasteiger partial charge in [-0.05, 0) is 24.1 Å². The van der Waals surface area contributed by atoms with E-state index < -0.39 is 6.04 Å². The number of halogens is 1. The number of benzene rings is 1. The van der Waals surface area contributed by atoms with E-state index in [0.29, 0.717) is 13.0 Å². The molecule has 1 N–H and O–H groups in total. The Balaban J connectivity index is 2.32. The molecule has 0 bridgehead atoms. The van der Waals surface area contributed by atoms with E-state index in [4.69, 9.17) is 0 Å². The number of rotatable bonds is 3. The Bertz CT molecular complexity index is 518. The summed E-state index contributed by atoms with van der Waals surface area (Å²) < 4.78 is 0.923. The zero-order valence-corrected chi connectivity index (χ0v) is 13.3. The van der Waals surface area contributed by atoms with Crippen LogP contribution in [0.1, 0.15) is 26.7 Å². The van der Waals surface area contributed by atoms with Crippen molar-refractivity contribution in [2.24, 2.45) is 5.92 Å². The van der Waals surface area contributed by atoms with Crippen LogP contribution in [0.4, 0.5) is 5.69 Å². The van der Waals surface area contributed by atoms with Crippen molar-refractivity contribution in [3.8, 4) is 0 Å². The summed E-state index contributed by atoms with van der Waals surface area (Å²) in [5.74, 6) is 0.0450. The first-order chi connectivity index (χ1) is 9.52. The van der Waals surface area contributed by atoms with E-state index in [-0.39, 0.29) is 17.7 Å². The molecule has 4 nitrogen and oxygen atoms in total.